The van der Waals surface area contributed by atoms with Gasteiger partial charge in [-0.2, -0.15) is 13.2 Å². The van der Waals surface area contributed by atoms with Crippen LogP contribution in [-0.2, 0) is 6.18 Å². The number of alkyl halides is 3. The lowest BCUT2D eigenvalue weighted by atomic mass is 10.1. The van der Waals surface area contributed by atoms with Gasteiger partial charge in [0.1, 0.15) is 0 Å². The largest absolute Gasteiger partial charge is 0.448 e. The molecule has 10 heteroatoms. The molecule has 32 heavy (non-hydrogen) atoms. The van der Waals surface area contributed by atoms with Gasteiger partial charge in [-0.1, -0.05) is 17.7 Å². The summed E-state index contributed by atoms with van der Waals surface area (Å²) in [6.07, 6.45) is -3.06. The van der Waals surface area contributed by atoms with E-state index in [1.165, 1.54) is 0 Å². The molecule has 0 aliphatic carbocycles. The summed E-state index contributed by atoms with van der Waals surface area (Å²) in [6, 6.07) is 11.4. The number of benzene rings is 3. The van der Waals surface area contributed by atoms with E-state index in [1.807, 2.05) is 32.0 Å². The van der Waals surface area contributed by atoms with E-state index in [2.05, 4.69) is 36.9 Å². The average molecular weight is 572 g/mol. The lowest BCUT2D eigenvalue weighted by Gasteiger charge is -2.13. The predicted molar refractivity (Wildman–Crippen MR) is 123 cm³/mol. The van der Waals surface area contributed by atoms with Crippen molar-refractivity contribution in [2.45, 2.75) is 20.0 Å². The second-order valence-electron chi connectivity index (χ2n) is 6.90. The highest BCUT2D eigenvalue weighted by Crippen LogP contribution is 2.42. The molecule has 0 atom stereocenters. The number of hydrogen-bond donors (Lipinski definition) is 0. The summed E-state index contributed by atoms with van der Waals surface area (Å²) < 4.78 is 45.2. The van der Waals surface area contributed by atoms with Crippen molar-refractivity contribution in [3.63, 3.8) is 0 Å². The lowest BCUT2D eigenvalue weighted by molar-refractivity contribution is -0.385. The fraction of sp³-hybridized carbons (Fsp3) is 0.136. The van der Waals surface area contributed by atoms with Gasteiger partial charge in [0.15, 0.2) is 5.75 Å². The second kappa shape index (κ2) is 9.41. The number of ether oxygens (including phenoxy) is 1. The van der Waals surface area contributed by atoms with E-state index >= 15 is 0 Å². The van der Waals surface area contributed by atoms with Crippen molar-refractivity contribution in [1.29, 1.82) is 0 Å². The summed E-state index contributed by atoms with van der Waals surface area (Å²) in [5, 5.41) is 11.3. The van der Waals surface area contributed by atoms with Crippen LogP contribution in [0.5, 0.6) is 11.5 Å². The summed E-state index contributed by atoms with van der Waals surface area (Å²) in [5.74, 6) is -0.141. The minimum absolute atomic E-state index is 0.177. The van der Waals surface area contributed by atoms with Crippen LogP contribution in [-0.4, -0.2) is 11.1 Å². The van der Waals surface area contributed by atoms with Gasteiger partial charge in [-0.15, -0.1) is 0 Å². The van der Waals surface area contributed by atoms with Gasteiger partial charge in [0.2, 0.25) is 5.75 Å². The number of aliphatic imine (C=N–C) groups is 1. The van der Waals surface area contributed by atoms with E-state index in [9.17, 15) is 23.3 Å². The van der Waals surface area contributed by atoms with Crippen molar-refractivity contribution in [3.05, 3.63) is 89.8 Å². The third-order valence-corrected chi connectivity index (χ3v) is 5.60. The Balaban J connectivity index is 1.92. The Hall–Kier alpha value is -2.72. The van der Waals surface area contributed by atoms with Crippen LogP contribution in [0.4, 0.5) is 24.5 Å². The Morgan fingerprint density at radius 1 is 1.03 bits per heavy atom. The normalized spacial score (nSPS) is 11.7. The molecule has 0 radical (unpaired) electrons. The Morgan fingerprint density at radius 3 is 2.25 bits per heavy atom. The summed E-state index contributed by atoms with van der Waals surface area (Å²) in [6.45, 7) is 3.95. The number of nitrogens with zero attached hydrogens (tertiary/aromatic N) is 2. The number of nitro groups is 1. The molecule has 3 aromatic rings. The maximum absolute atomic E-state index is 12.9. The van der Waals surface area contributed by atoms with Gasteiger partial charge in [0, 0.05) is 12.3 Å². The molecule has 3 aromatic carbocycles. The molecule has 0 saturated carbocycles. The molecule has 0 bridgehead atoms. The van der Waals surface area contributed by atoms with Crippen LogP contribution in [0.3, 0.4) is 0 Å². The van der Waals surface area contributed by atoms with Crippen LogP contribution in [0.1, 0.15) is 22.3 Å². The Morgan fingerprint density at radius 2 is 1.69 bits per heavy atom. The highest BCUT2D eigenvalue weighted by atomic mass is 79.9. The maximum Gasteiger partial charge on any atom is 0.416 e. The highest BCUT2D eigenvalue weighted by molar-refractivity contribution is 9.11. The molecule has 5 nitrogen and oxygen atoms in total. The lowest BCUT2D eigenvalue weighted by Crippen LogP contribution is -2.06. The molecule has 0 aliphatic heterocycles. The average Bonchev–Trinajstić information content (AvgIpc) is 2.69. The van der Waals surface area contributed by atoms with E-state index in [4.69, 9.17) is 4.74 Å². The van der Waals surface area contributed by atoms with E-state index in [1.54, 1.807) is 18.3 Å². The number of halogens is 5. The van der Waals surface area contributed by atoms with Gasteiger partial charge < -0.3 is 4.74 Å². The molecular weight excluding hydrogens is 557 g/mol. The van der Waals surface area contributed by atoms with E-state index in [0.29, 0.717) is 20.6 Å². The van der Waals surface area contributed by atoms with E-state index in [-0.39, 0.29) is 11.5 Å². The summed E-state index contributed by atoms with van der Waals surface area (Å²) in [4.78, 5) is 14.9. The first-order valence-electron chi connectivity index (χ1n) is 9.09. The first kappa shape index (κ1) is 23.9. The van der Waals surface area contributed by atoms with Gasteiger partial charge in [0.05, 0.1) is 25.1 Å². The van der Waals surface area contributed by atoms with Crippen LogP contribution in [0.15, 0.2) is 62.5 Å². The fourth-order valence-electron chi connectivity index (χ4n) is 2.88. The van der Waals surface area contributed by atoms with E-state index in [0.717, 1.165) is 28.9 Å². The molecule has 166 valence electrons. The van der Waals surface area contributed by atoms with Crippen molar-refractivity contribution < 1.29 is 22.8 Å². The fourth-order valence-corrected chi connectivity index (χ4v) is 4.26. The highest BCUT2D eigenvalue weighted by Gasteiger charge is 2.33. The Kier molecular flexibility index (Phi) is 7.04. The van der Waals surface area contributed by atoms with Crippen molar-refractivity contribution in [3.8, 4) is 11.5 Å². The quantitative estimate of drug-likeness (QED) is 0.176. The smallest absolute Gasteiger partial charge is 0.416 e. The molecule has 0 heterocycles. The number of hydrogen-bond acceptors (Lipinski definition) is 4. The monoisotopic (exact) mass is 570 g/mol. The minimum atomic E-state index is -4.71. The van der Waals surface area contributed by atoms with Crippen LogP contribution in [0.2, 0.25) is 0 Å². The predicted octanol–water partition coefficient (Wildman–Crippen LogP) is 8.30. The molecular formula is C22H15Br2F3N2O3. The zero-order chi connectivity index (χ0) is 23.6. The molecule has 0 N–H and O–H groups in total. The molecule has 0 spiro atoms. The van der Waals surface area contributed by atoms with Crippen LogP contribution in [0, 0.1) is 24.0 Å². The summed E-state index contributed by atoms with van der Waals surface area (Å²) in [7, 11) is 0. The molecule has 0 unspecified atom stereocenters. The first-order chi connectivity index (χ1) is 15.0. The van der Waals surface area contributed by atoms with Crippen LogP contribution < -0.4 is 4.74 Å². The van der Waals surface area contributed by atoms with Crippen molar-refractivity contribution in [1.82, 2.24) is 0 Å². The molecule has 0 aliphatic rings. The van der Waals surface area contributed by atoms with Gasteiger partial charge in [-0.3, -0.25) is 15.1 Å². The van der Waals surface area contributed by atoms with Gasteiger partial charge in [0.25, 0.3) is 0 Å². The molecule has 3 rings (SSSR count). The first-order valence-corrected chi connectivity index (χ1v) is 10.7. The zero-order valence-corrected chi connectivity index (χ0v) is 19.9. The second-order valence-corrected chi connectivity index (χ2v) is 8.61. The van der Waals surface area contributed by atoms with Crippen molar-refractivity contribution in [2.75, 3.05) is 0 Å². The summed E-state index contributed by atoms with van der Waals surface area (Å²) >= 11 is 6.69. The standard InChI is InChI=1S/C22H15Br2F3N2O3/c1-12-3-5-18(13(2)7-12)28-11-14-8-16(23)21(17(24)9-14)32-20-6-4-15(22(25,26)27)10-19(20)29(30)31/h3-11H,1-2H3. The van der Waals surface area contributed by atoms with Gasteiger partial charge in [-0.05, 0) is 87.2 Å². The maximum atomic E-state index is 12.9. The minimum Gasteiger partial charge on any atom is -0.448 e. The van der Waals surface area contributed by atoms with Gasteiger partial charge in [-0.25, -0.2) is 0 Å². The van der Waals surface area contributed by atoms with Gasteiger partial charge >= 0.3 is 11.9 Å². The van der Waals surface area contributed by atoms with E-state index < -0.39 is 22.4 Å². The Labute approximate surface area is 198 Å². The topological polar surface area (TPSA) is 64.7 Å². The Bertz CT molecular complexity index is 1200. The van der Waals surface area contributed by atoms with Crippen LogP contribution in [0.25, 0.3) is 0 Å². The number of rotatable bonds is 5. The molecule has 0 saturated heterocycles. The third-order valence-electron chi connectivity index (χ3n) is 4.42. The molecule has 0 amide bonds. The summed E-state index contributed by atoms with van der Waals surface area (Å²) in [5.41, 5.74) is 1.74. The third kappa shape index (κ3) is 5.55. The zero-order valence-electron chi connectivity index (χ0n) is 16.7. The molecule has 0 aromatic heterocycles. The number of nitro benzene ring substituents is 1. The molecule has 0 fully saturated rings. The van der Waals surface area contributed by atoms with Crippen LogP contribution >= 0.6 is 31.9 Å². The SMILES string of the molecule is Cc1ccc(N=Cc2cc(Br)c(Oc3ccc(C(F)(F)F)cc3[N+](=O)[O-])c(Br)c2)c(C)c1. The van der Waals surface area contributed by atoms with Crippen molar-refractivity contribution >= 4 is 49.4 Å². The number of aryl methyl sites for hydroxylation is 2. The van der Waals surface area contributed by atoms with Crippen molar-refractivity contribution in [2.24, 2.45) is 4.99 Å².